The number of carbonyl (C=O) groups excluding carboxylic acids is 1. The molecule has 0 aromatic heterocycles. The Kier molecular flexibility index (Phi) is 69.1. The fraction of sp³-hybridized carbons (Fsp3) is 0.880. The van der Waals surface area contributed by atoms with Gasteiger partial charge in [-0.15, -0.1) is 0 Å². The quantitative estimate of drug-likeness (QED) is 0.0420. The summed E-state index contributed by atoms with van der Waals surface area (Å²) < 4.78 is 0. The smallest absolute Gasteiger partial charge is 0.220 e. The molecule has 0 aliphatic heterocycles. The summed E-state index contributed by atoms with van der Waals surface area (Å²) in [6.45, 7) is 4.29. The Balaban J connectivity index is 3.37. The van der Waals surface area contributed by atoms with Crippen molar-refractivity contribution in [3.05, 3.63) is 48.6 Å². The van der Waals surface area contributed by atoms with Crippen molar-refractivity contribution in [2.75, 3.05) is 6.61 Å². The van der Waals surface area contributed by atoms with Crippen molar-refractivity contribution >= 4 is 5.91 Å². The Morgan fingerprint density at radius 1 is 0.316 bits per heavy atom. The van der Waals surface area contributed by atoms with Crippen molar-refractivity contribution in [2.45, 2.75) is 418 Å². The molecular formula is C75H143NO3. The number of aliphatic hydroxyl groups is 2. The number of unbranched alkanes of at least 4 members (excludes halogenated alkanes) is 53. The van der Waals surface area contributed by atoms with Gasteiger partial charge in [-0.1, -0.05) is 396 Å². The second kappa shape index (κ2) is 70.6. The molecule has 0 aromatic rings. The van der Waals surface area contributed by atoms with Gasteiger partial charge < -0.3 is 15.5 Å². The Labute approximate surface area is 496 Å². The predicted octanol–water partition coefficient (Wildman–Crippen LogP) is 24.9. The van der Waals surface area contributed by atoms with Gasteiger partial charge in [0.25, 0.3) is 0 Å². The third kappa shape index (κ3) is 67.0. The van der Waals surface area contributed by atoms with Crippen LogP contribution in [0.2, 0.25) is 0 Å². The molecule has 0 bridgehead atoms. The van der Waals surface area contributed by atoms with Gasteiger partial charge in [0.1, 0.15) is 0 Å². The van der Waals surface area contributed by atoms with Crippen molar-refractivity contribution in [3.63, 3.8) is 0 Å². The normalized spacial score (nSPS) is 12.9. The summed E-state index contributed by atoms with van der Waals surface area (Å²) in [4.78, 5) is 12.6. The summed E-state index contributed by atoms with van der Waals surface area (Å²) in [6.07, 6.45) is 99.0. The highest BCUT2D eigenvalue weighted by Crippen LogP contribution is 2.20. The molecule has 466 valence electrons. The van der Waals surface area contributed by atoms with E-state index in [0.717, 1.165) is 51.4 Å². The highest BCUT2D eigenvalue weighted by molar-refractivity contribution is 5.76. The molecule has 0 aliphatic rings. The minimum atomic E-state index is -0.660. The molecule has 0 rings (SSSR count). The van der Waals surface area contributed by atoms with Crippen molar-refractivity contribution in [3.8, 4) is 0 Å². The molecule has 4 nitrogen and oxygen atoms in total. The van der Waals surface area contributed by atoms with E-state index in [1.54, 1.807) is 0 Å². The maximum Gasteiger partial charge on any atom is 0.220 e. The molecule has 0 saturated carbocycles. The SMILES string of the molecule is CC/C=C\C/C=C\C/C=C\C/C=C\CCCCCCCCCCCCCCCCCCCCCCCCCCC(=O)NC(CO)C(O)CCCCCCCCCCCCCCCCCCCCCCCCCCCCCCCC. The maximum atomic E-state index is 12.6. The highest BCUT2D eigenvalue weighted by atomic mass is 16.3. The summed E-state index contributed by atoms with van der Waals surface area (Å²) >= 11 is 0. The van der Waals surface area contributed by atoms with Crippen molar-refractivity contribution < 1.29 is 15.0 Å². The Hall–Kier alpha value is -1.65. The van der Waals surface area contributed by atoms with E-state index < -0.39 is 12.1 Å². The lowest BCUT2D eigenvalue weighted by molar-refractivity contribution is -0.123. The molecule has 0 saturated heterocycles. The molecule has 0 aromatic carbocycles. The van der Waals surface area contributed by atoms with Crippen LogP contribution < -0.4 is 5.32 Å². The average Bonchev–Trinajstić information content (AvgIpc) is 3.45. The zero-order valence-corrected chi connectivity index (χ0v) is 53.9. The average molecular weight is 1110 g/mol. The number of rotatable bonds is 68. The van der Waals surface area contributed by atoms with Crippen LogP contribution >= 0.6 is 0 Å². The molecule has 0 aliphatic carbocycles. The molecule has 0 heterocycles. The van der Waals surface area contributed by atoms with E-state index in [9.17, 15) is 15.0 Å². The van der Waals surface area contributed by atoms with Crippen LogP contribution in [0.3, 0.4) is 0 Å². The molecule has 79 heavy (non-hydrogen) atoms. The molecule has 2 unspecified atom stereocenters. The van der Waals surface area contributed by atoms with Crippen molar-refractivity contribution in [1.82, 2.24) is 5.32 Å². The van der Waals surface area contributed by atoms with Crippen LogP contribution in [0.1, 0.15) is 406 Å². The first-order valence-electron chi connectivity index (χ1n) is 36.3. The lowest BCUT2D eigenvalue weighted by Gasteiger charge is -2.22. The molecule has 4 heteroatoms. The first kappa shape index (κ1) is 77.3. The van der Waals surface area contributed by atoms with E-state index in [1.807, 2.05) is 0 Å². The van der Waals surface area contributed by atoms with E-state index in [-0.39, 0.29) is 12.5 Å². The van der Waals surface area contributed by atoms with Crippen LogP contribution in [-0.2, 0) is 4.79 Å². The largest absolute Gasteiger partial charge is 0.394 e. The van der Waals surface area contributed by atoms with E-state index in [1.165, 1.54) is 327 Å². The summed E-state index contributed by atoms with van der Waals surface area (Å²) in [5, 5.41) is 23.5. The summed E-state index contributed by atoms with van der Waals surface area (Å²) in [5.41, 5.74) is 0. The van der Waals surface area contributed by atoms with E-state index >= 15 is 0 Å². The van der Waals surface area contributed by atoms with Gasteiger partial charge >= 0.3 is 0 Å². The van der Waals surface area contributed by atoms with Gasteiger partial charge in [-0.2, -0.15) is 0 Å². The first-order chi connectivity index (χ1) is 39.2. The van der Waals surface area contributed by atoms with Crippen LogP contribution in [0.25, 0.3) is 0 Å². The highest BCUT2D eigenvalue weighted by Gasteiger charge is 2.20. The monoisotopic (exact) mass is 1110 g/mol. The number of nitrogens with one attached hydrogen (secondary N) is 1. The number of carbonyl (C=O) groups is 1. The van der Waals surface area contributed by atoms with E-state index in [4.69, 9.17) is 0 Å². The van der Waals surface area contributed by atoms with Crippen LogP contribution in [0.4, 0.5) is 0 Å². The Bertz CT molecular complexity index is 1250. The van der Waals surface area contributed by atoms with Gasteiger partial charge in [0.2, 0.25) is 5.91 Å². The van der Waals surface area contributed by atoms with Crippen LogP contribution in [0.15, 0.2) is 48.6 Å². The molecule has 0 spiro atoms. The topological polar surface area (TPSA) is 69.6 Å². The minimum Gasteiger partial charge on any atom is -0.394 e. The fourth-order valence-corrected chi connectivity index (χ4v) is 11.7. The number of aliphatic hydroxyl groups excluding tert-OH is 2. The first-order valence-corrected chi connectivity index (χ1v) is 36.3. The standard InChI is InChI=1S/C75H143NO3/c1-3-5-7-9-11-13-15-17-19-21-23-25-27-29-31-33-35-36-37-38-39-40-41-43-45-47-49-51-53-55-57-59-61-63-65-67-69-71-75(79)76-73(72-77)74(78)70-68-66-64-62-60-58-56-54-52-50-48-46-44-42-34-32-30-28-26-24-22-20-18-16-14-12-10-8-6-4-2/h5,7,11,13,17,19,23,25,73-74,77-78H,3-4,6,8-10,12,14-16,18,20-22,24,26-72H2,1-2H3,(H,76,79)/b7-5-,13-11-,19-17-,25-23-. The zero-order chi connectivity index (χ0) is 56.9. The summed E-state index contributed by atoms with van der Waals surface area (Å²) in [7, 11) is 0. The summed E-state index contributed by atoms with van der Waals surface area (Å²) in [5.74, 6) is -0.0222. The Morgan fingerprint density at radius 2 is 0.557 bits per heavy atom. The van der Waals surface area contributed by atoms with Crippen LogP contribution in [-0.4, -0.2) is 34.9 Å². The molecule has 0 radical (unpaired) electrons. The number of allylic oxidation sites excluding steroid dienone is 8. The number of hydrogen-bond acceptors (Lipinski definition) is 3. The van der Waals surface area contributed by atoms with Gasteiger partial charge in [-0.3, -0.25) is 4.79 Å². The molecule has 2 atom stereocenters. The Morgan fingerprint density at radius 3 is 0.835 bits per heavy atom. The molecule has 3 N–H and O–H groups in total. The summed E-state index contributed by atoms with van der Waals surface area (Å²) in [6, 6.07) is -0.537. The minimum absolute atomic E-state index is 0.0222. The molecule has 0 fully saturated rings. The van der Waals surface area contributed by atoms with Crippen LogP contribution in [0, 0.1) is 0 Å². The molecular weight excluding hydrogens is 963 g/mol. The van der Waals surface area contributed by atoms with E-state index in [0.29, 0.717) is 12.8 Å². The van der Waals surface area contributed by atoms with Gasteiger partial charge in [-0.25, -0.2) is 0 Å². The van der Waals surface area contributed by atoms with Crippen LogP contribution in [0.5, 0.6) is 0 Å². The molecule has 1 amide bonds. The maximum absolute atomic E-state index is 12.6. The van der Waals surface area contributed by atoms with E-state index in [2.05, 4.69) is 67.8 Å². The third-order valence-electron chi connectivity index (χ3n) is 17.1. The van der Waals surface area contributed by atoms with Gasteiger partial charge in [0.05, 0.1) is 18.8 Å². The van der Waals surface area contributed by atoms with Gasteiger partial charge in [0.15, 0.2) is 0 Å². The second-order valence-corrected chi connectivity index (χ2v) is 25.0. The van der Waals surface area contributed by atoms with Gasteiger partial charge in [0, 0.05) is 6.42 Å². The lowest BCUT2D eigenvalue weighted by atomic mass is 10.0. The number of hydrogen-bond donors (Lipinski definition) is 3. The van der Waals surface area contributed by atoms with Gasteiger partial charge in [-0.05, 0) is 51.4 Å². The van der Waals surface area contributed by atoms with Crippen molar-refractivity contribution in [1.29, 1.82) is 0 Å². The lowest BCUT2D eigenvalue weighted by Crippen LogP contribution is -2.45. The second-order valence-electron chi connectivity index (χ2n) is 25.0. The predicted molar refractivity (Wildman–Crippen MR) is 355 cm³/mol. The number of amides is 1. The fourth-order valence-electron chi connectivity index (χ4n) is 11.7. The van der Waals surface area contributed by atoms with Crippen molar-refractivity contribution in [2.24, 2.45) is 0 Å². The third-order valence-corrected chi connectivity index (χ3v) is 17.1. The zero-order valence-electron chi connectivity index (χ0n) is 53.9.